The lowest BCUT2D eigenvalue weighted by Gasteiger charge is -1.97. The van der Waals surface area contributed by atoms with Crippen molar-refractivity contribution in [3.8, 4) is 0 Å². The van der Waals surface area contributed by atoms with Crippen LogP contribution in [0.5, 0.6) is 0 Å². The highest BCUT2D eigenvalue weighted by Crippen LogP contribution is 2.16. The fraction of sp³-hybridized carbons (Fsp3) is 0. The van der Waals surface area contributed by atoms with E-state index >= 15 is 0 Å². The minimum absolute atomic E-state index is 0.0135. The molecule has 0 fully saturated rings. The van der Waals surface area contributed by atoms with Gasteiger partial charge in [-0.1, -0.05) is 17.7 Å². The van der Waals surface area contributed by atoms with E-state index in [1.165, 1.54) is 18.2 Å². The molecule has 7 nitrogen and oxygen atoms in total. The summed E-state index contributed by atoms with van der Waals surface area (Å²) in [5, 5.41) is 14.2. The monoisotopic (exact) mass is 282 g/mol. The van der Waals surface area contributed by atoms with E-state index in [1.807, 2.05) is 0 Å². The number of hydrogen-bond donors (Lipinski definition) is 2. The molecular formula is C10H8ClFN6O. The summed E-state index contributed by atoms with van der Waals surface area (Å²) in [6, 6.07) is 4.26. The summed E-state index contributed by atoms with van der Waals surface area (Å²) in [5.41, 5.74) is 11.1. The highest BCUT2D eigenvalue weighted by atomic mass is 35.5. The fourth-order valence-corrected chi connectivity index (χ4v) is 1.42. The maximum Gasteiger partial charge on any atom is 0.199 e. The predicted molar refractivity (Wildman–Crippen MR) is 68.4 cm³/mol. The normalized spacial score (nSPS) is 12.2. The molecular weight excluding hydrogens is 275 g/mol. The van der Waals surface area contributed by atoms with Crippen LogP contribution >= 0.6 is 11.6 Å². The second-order valence-corrected chi connectivity index (χ2v) is 3.77. The van der Waals surface area contributed by atoms with E-state index in [-0.39, 0.29) is 27.9 Å². The Kier molecular flexibility index (Phi) is 3.71. The van der Waals surface area contributed by atoms with Crippen molar-refractivity contribution >= 4 is 29.5 Å². The highest BCUT2D eigenvalue weighted by Gasteiger charge is 2.10. The highest BCUT2D eigenvalue weighted by molar-refractivity contribution is 6.33. The molecule has 0 unspecified atom stereocenters. The summed E-state index contributed by atoms with van der Waals surface area (Å²) < 4.78 is 17.8. The van der Waals surface area contributed by atoms with Crippen molar-refractivity contribution in [3.63, 3.8) is 0 Å². The average molecular weight is 283 g/mol. The van der Waals surface area contributed by atoms with Gasteiger partial charge in [0.25, 0.3) is 0 Å². The number of aromatic nitrogens is 2. The Balaban J connectivity index is 2.23. The number of halogens is 2. The van der Waals surface area contributed by atoms with Crippen molar-refractivity contribution < 1.29 is 9.02 Å². The van der Waals surface area contributed by atoms with Gasteiger partial charge in [0.2, 0.25) is 0 Å². The summed E-state index contributed by atoms with van der Waals surface area (Å²) >= 11 is 5.80. The zero-order valence-electron chi connectivity index (χ0n) is 9.42. The number of nitrogens with two attached hydrogens (primary N) is 2. The second-order valence-electron chi connectivity index (χ2n) is 3.36. The van der Waals surface area contributed by atoms with Crippen molar-refractivity contribution in [2.45, 2.75) is 0 Å². The van der Waals surface area contributed by atoms with Crippen molar-refractivity contribution in [2.75, 3.05) is 5.73 Å². The van der Waals surface area contributed by atoms with E-state index in [0.717, 1.165) is 6.21 Å². The Bertz CT molecular complexity index is 633. The fourth-order valence-electron chi connectivity index (χ4n) is 1.20. The summed E-state index contributed by atoms with van der Waals surface area (Å²) in [5.74, 6) is -0.643. The van der Waals surface area contributed by atoms with Crippen molar-refractivity contribution in [1.82, 2.24) is 10.3 Å². The SMILES string of the molecule is NC(=N/N=C\c1c(F)cccc1Cl)c1nonc1N. The third-order valence-corrected chi connectivity index (χ3v) is 2.44. The second kappa shape index (κ2) is 5.44. The Morgan fingerprint density at radius 1 is 1.42 bits per heavy atom. The van der Waals surface area contributed by atoms with Gasteiger partial charge in [-0.25, -0.2) is 9.02 Å². The van der Waals surface area contributed by atoms with Gasteiger partial charge in [-0.05, 0) is 22.4 Å². The Hall–Kier alpha value is -2.48. The lowest BCUT2D eigenvalue weighted by molar-refractivity contribution is 0.308. The zero-order valence-corrected chi connectivity index (χ0v) is 10.2. The number of nitrogens with zero attached hydrogens (tertiary/aromatic N) is 4. The number of benzene rings is 1. The molecule has 1 aromatic heterocycles. The predicted octanol–water partition coefficient (Wildman–Crippen LogP) is 1.18. The smallest absolute Gasteiger partial charge is 0.199 e. The number of rotatable bonds is 3. The number of hydrogen-bond acceptors (Lipinski definition) is 6. The minimum Gasteiger partial charge on any atom is -0.380 e. The molecule has 0 aliphatic heterocycles. The molecule has 0 atom stereocenters. The first-order chi connectivity index (χ1) is 9.09. The number of anilines is 1. The van der Waals surface area contributed by atoms with Gasteiger partial charge >= 0.3 is 0 Å². The minimum atomic E-state index is -0.521. The van der Waals surface area contributed by atoms with Gasteiger partial charge in [0.05, 0.1) is 11.2 Å². The topological polar surface area (TPSA) is 116 Å². The molecule has 4 N–H and O–H groups in total. The quantitative estimate of drug-likeness (QED) is 0.498. The zero-order chi connectivity index (χ0) is 13.8. The lowest BCUT2D eigenvalue weighted by Crippen LogP contribution is -2.15. The first-order valence-electron chi connectivity index (χ1n) is 4.98. The van der Waals surface area contributed by atoms with Gasteiger partial charge in [-0.15, -0.1) is 5.10 Å². The van der Waals surface area contributed by atoms with Crippen LogP contribution in [0.1, 0.15) is 11.3 Å². The summed E-state index contributed by atoms with van der Waals surface area (Å²) in [6.07, 6.45) is 1.13. The Labute approximate surface area is 111 Å². The summed E-state index contributed by atoms with van der Waals surface area (Å²) in [7, 11) is 0. The molecule has 0 amide bonds. The Morgan fingerprint density at radius 3 is 2.84 bits per heavy atom. The summed E-state index contributed by atoms with van der Waals surface area (Å²) in [4.78, 5) is 0. The van der Waals surface area contributed by atoms with Gasteiger partial charge in [0.1, 0.15) is 5.82 Å². The molecule has 2 rings (SSSR count). The number of nitrogen functional groups attached to an aromatic ring is 1. The van der Waals surface area contributed by atoms with E-state index < -0.39 is 5.82 Å². The van der Waals surface area contributed by atoms with E-state index in [9.17, 15) is 4.39 Å². The van der Waals surface area contributed by atoms with Gasteiger partial charge in [0, 0.05) is 5.56 Å². The van der Waals surface area contributed by atoms with E-state index in [1.54, 1.807) is 0 Å². The van der Waals surface area contributed by atoms with Gasteiger partial charge in [0.15, 0.2) is 17.3 Å². The molecule has 0 saturated heterocycles. The molecule has 0 bridgehead atoms. The summed E-state index contributed by atoms with van der Waals surface area (Å²) in [6.45, 7) is 0. The van der Waals surface area contributed by atoms with Crippen LogP contribution in [0.15, 0.2) is 33.0 Å². The molecule has 9 heteroatoms. The molecule has 0 saturated carbocycles. The van der Waals surface area contributed by atoms with Gasteiger partial charge in [-0.2, -0.15) is 5.10 Å². The molecule has 0 spiro atoms. The number of amidine groups is 1. The molecule has 1 heterocycles. The van der Waals surface area contributed by atoms with Crippen LogP contribution in [0.4, 0.5) is 10.2 Å². The van der Waals surface area contributed by atoms with E-state index in [2.05, 4.69) is 25.1 Å². The average Bonchev–Trinajstić information content (AvgIpc) is 2.79. The van der Waals surface area contributed by atoms with Crippen LogP contribution in [0.3, 0.4) is 0 Å². The molecule has 1 aromatic carbocycles. The standard InChI is InChI=1S/C10H8ClFN6O/c11-6-2-1-3-7(12)5(6)4-15-16-9(13)8-10(14)18-19-17-8/h1-4H,(H2,13,16)(H2,14,18)/b15-4-. The van der Waals surface area contributed by atoms with Crippen molar-refractivity contribution in [2.24, 2.45) is 15.9 Å². The largest absolute Gasteiger partial charge is 0.380 e. The Morgan fingerprint density at radius 2 is 2.21 bits per heavy atom. The van der Waals surface area contributed by atoms with Gasteiger partial charge in [-0.3, -0.25) is 0 Å². The third kappa shape index (κ3) is 2.86. The van der Waals surface area contributed by atoms with Crippen molar-refractivity contribution in [1.29, 1.82) is 0 Å². The van der Waals surface area contributed by atoms with Crippen LogP contribution < -0.4 is 11.5 Å². The van der Waals surface area contributed by atoms with Crippen molar-refractivity contribution in [3.05, 3.63) is 40.3 Å². The third-order valence-electron chi connectivity index (χ3n) is 2.11. The lowest BCUT2D eigenvalue weighted by atomic mass is 10.2. The first-order valence-corrected chi connectivity index (χ1v) is 5.36. The van der Waals surface area contributed by atoms with Crippen LogP contribution in [0.25, 0.3) is 0 Å². The van der Waals surface area contributed by atoms with Gasteiger partial charge < -0.3 is 11.5 Å². The maximum absolute atomic E-state index is 13.4. The molecule has 0 aliphatic carbocycles. The molecule has 98 valence electrons. The molecule has 2 aromatic rings. The van der Waals surface area contributed by atoms with Crippen LogP contribution in [-0.2, 0) is 0 Å². The van der Waals surface area contributed by atoms with E-state index in [0.29, 0.717) is 0 Å². The molecule has 0 radical (unpaired) electrons. The first kappa shape index (κ1) is 13.0. The van der Waals surface area contributed by atoms with E-state index in [4.69, 9.17) is 23.1 Å². The molecule has 19 heavy (non-hydrogen) atoms. The van der Waals surface area contributed by atoms with Crippen LogP contribution in [0, 0.1) is 5.82 Å². The maximum atomic E-state index is 13.4. The molecule has 0 aliphatic rings. The van der Waals surface area contributed by atoms with Crippen LogP contribution in [-0.4, -0.2) is 22.4 Å². The van der Waals surface area contributed by atoms with Crippen LogP contribution in [0.2, 0.25) is 5.02 Å².